The summed E-state index contributed by atoms with van der Waals surface area (Å²) in [4.78, 5) is 12.7. The minimum atomic E-state index is -0.536. The smallest absolute Gasteiger partial charge is 0.266 e. The van der Waals surface area contributed by atoms with Crippen molar-refractivity contribution >= 4 is 29.3 Å². The van der Waals surface area contributed by atoms with Crippen LogP contribution in [0.3, 0.4) is 0 Å². The normalized spacial score (nSPS) is 10.8. The predicted molar refractivity (Wildman–Crippen MR) is 140 cm³/mol. The van der Waals surface area contributed by atoms with E-state index in [1.54, 1.807) is 50.6 Å². The summed E-state index contributed by atoms with van der Waals surface area (Å²) in [5, 5.41) is 12.8. The minimum Gasteiger partial charge on any atom is -0.497 e. The lowest BCUT2D eigenvalue weighted by molar-refractivity contribution is -0.112. The lowest BCUT2D eigenvalue weighted by Gasteiger charge is -2.15. The second-order valence-electron chi connectivity index (χ2n) is 7.69. The third-order valence-corrected chi connectivity index (χ3v) is 5.50. The van der Waals surface area contributed by atoms with Crippen LogP contribution >= 0.6 is 11.6 Å². The minimum absolute atomic E-state index is 0.0633. The van der Waals surface area contributed by atoms with E-state index in [1.165, 1.54) is 6.08 Å². The number of halogens is 1. The van der Waals surface area contributed by atoms with Gasteiger partial charge in [0, 0.05) is 16.3 Å². The lowest BCUT2D eigenvalue weighted by Crippen LogP contribution is -2.14. The molecular weight excluding hydrogens is 480 g/mol. The zero-order chi connectivity index (χ0) is 26.1. The molecule has 0 atom stereocenters. The molecule has 8 heteroatoms. The van der Waals surface area contributed by atoms with Gasteiger partial charge in [-0.2, -0.15) is 5.26 Å². The summed E-state index contributed by atoms with van der Waals surface area (Å²) in [5.74, 6) is 1.82. The number of hydrogen-bond donors (Lipinski definition) is 1. The molecule has 0 aromatic heterocycles. The molecule has 1 N–H and O–H groups in total. The van der Waals surface area contributed by atoms with Gasteiger partial charge in [0.15, 0.2) is 11.5 Å². The van der Waals surface area contributed by atoms with Crippen molar-refractivity contribution in [3.8, 4) is 29.1 Å². The van der Waals surface area contributed by atoms with Crippen molar-refractivity contribution in [3.63, 3.8) is 0 Å². The Labute approximate surface area is 215 Å². The molecule has 7 nitrogen and oxygen atoms in total. The van der Waals surface area contributed by atoms with E-state index in [0.29, 0.717) is 45.9 Å². The van der Waals surface area contributed by atoms with Crippen molar-refractivity contribution in [1.82, 2.24) is 0 Å². The van der Waals surface area contributed by atoms with E-state index in [0.717, 1.165) is 11.1 Å². The van der Waals surface area contributed by atoms with Crippen LogP contribution in [0.25, 0.3) is 6.08 Å². The second-order valence-corrected chi connectivity index (χ2v) is 8.13. The van der Waals surface area contributed by atoms with Crippen LogP contribution in [-0.2, 0) is 11.4 Å². The van der Waals surface area contributed by atoms with Gasteiger partial charge in [-0.15, -0.1) is 0 Å². The summed E-state index contributed by atoms with van der Waals surface area (Å²) in [6.07, 6.45) is 1.49. The van der Waals surface area contributed by atoms with E-state index in [4.69, 9.17) is 30.5 Å². The fourth-order valence-electron chi connectivity index (χ4n) is 3.39. The second kappa shape index (κ2) is 12.5. The molecule has 0 aliphatic rings. The number of nitriles is 1. The van der Waals surface area contributed by atoms with Crippen molar-refractivity contribution in [2.45, 2.75) is 20.5 Å². The van der Waals surface area contributed by atoms with Gasteiger partial charge in [0.2, 0.25) is 0 Å². The Morgan fingerprint density at radius 3 is 2.47 bits per heavy atom. The summed E-state index contributed by atoms with van der Waals surface area (Å²) in [7, 11) is 3.19. The molecular formula is C28H27ClN2O5. The molecule has 0 unspecified atom stereocenters. The number of rotatable bonds is 10. The predicted octanol–water partition coefficient (Wildman–Crippen LogP) is 6.19. The van der Waals surface area contributed by atoms with E-state index in [1.807, 2.05) is 38.1 Å². The van der Waals surface area contributed by atoms with Crippen LogP contribution < -0.4 is 24.3 Å². The van der Waals surface area contributed by atoms with E-state index in [2.05, 4.69) is 5.32 Å². The number of benzene rings is 3. The van der Waals surface area contributed by atoms with Crippen LogP contribution in [0.1, 0.15) is 23.6 Å². The Hall–Kier alpha value is -4.15. The van der Waals surface area contributed by atoms with Crippen molar-refractivity contribution in [2.24, 2.45) is 0 Å². The largest absolute Gasteiger partial charge is 0.497 e. The maximum atomic E-state index is 12.7. The molecule has 0 aliphatic carbocycles. The summed E-state index contributed by atoms with van der Waals surface area (Å²) in [5.41, 5.74) is 2.73. The number of anilines is 1. The van der Waals surface area contributed by atoms with Gasteiger partial charge < -0.3 is 24.3 Å². The highest BCUT2D eigenvalue weighted by Crippen LogP contribution is 2.32. The summed E-state index contributed by atoms with van der Waals surface area (Å²) < 4.78 is 22.5. The van der Waals surface area contributed by atoms with Crippen molar-refractivity contribution < 1.29 is 23.7 Å². The lowest BCUT2D eigenvalue weighted by atomic mass is 10.1. The SMILES string of the molecule is CCOc1cc(/C=C(\C#N)C(=O)Nc2cc(Cl)ccc2C)ccc1OCc1cc(OC)ccc1OC. The highest BCUT2D eigenvalue weighted by molar-refractivity contribution is 6.31. The summed E-state index contributed by atoms with van der Waals surface area (Å²) in [6, 6.07) is 17.8. The average molecular weight is 507 g/mol. The molecule has 0 aliphatic heterocycles. The van der Waals surface area contributed by atoms with Gasteiger partial charge in [-0.3, -0.25) is 4.79 Å². The molecule has 3 aromatic rings. The van der Waals surface area contributed by atoms with E-state index in [-0.39, 0.29) is 12.2 Å². The summed E-state index contributed by atoms with van der Waals surface area (Å²) in [6.45, 7) is 4.33. The van der Waals surface area contributed by atoms with Gasteiger partial charge >= 0.3 is 0 Å². The molecule has 36 heavy (non-hydrogen) atoms. The number of carbonyl (C=O) groups excluding carboxylic acids is 1. The molecule has 0 heterocycles. The number of nitrogens with zero attached hydrogens (tertiary/aromatic N) is 1. The van der Waals surface area contributed by atoms with Crippen LogP contribution in [0.5, 0.6) is 23.0 Å². The van der Waals surface area contributed by atoms with Gasteiger partial charge in [-0.1, -0.05) is 23.7 Å². The van der Waals surface area contributed by atoms with Gasteiger partial charge in [-0.05, 0) is 73.5 Å². The van der Waals surface area contributed by atoms with Gasteiger partial charge in [0.1, 0.15) is 29.7 Å². The Morgan fingerprint density at radius 1 is 1.00 bits per heavy atom. The van der Waals surface area contributed by atoms with Gasteiger partial charge in [0.25, 0.3) is 5.91 Å². The molecule has 3 rings (SSSR count). The third kappa shape index (κ3) is 6.71. The van der Waals surface area contributed by atoms with Gasteiger partial charge in [0.05, 0.1) is 20.8 Å². The monoisotopic (exact) mass is 506 g/mol. The topological polar surface area (TPSA) is 89.8 Å². The van der Waals surface area contributed by atoms with E-state index >= 15 is 0 Å². The first-order valence-electron chi connectivity index (χ1n) is 11.2. The molecule has 1 amide bonds. The van der Waals surface area contributed by atoms with Gasteiger partial charge in [-0.25, -0.2) is 0 Å². The van der Waals surface area contributed by atoms with E-state index < -0.39 is 5.91 Å². The Bertz CT molecular complexity index is 1310. The third-order valence-electron chi connectivity index (χ3n) is 5.26. The fraction of sp³-hybridized carbons (Fsp3) is 0.214. The first kappa shape index (κ1) is 26.5. The number of methoxy groups -OCH3 is 2. The van der Waals surface area contributed by atoms with Crippen molar-refractivity contribution in [3.05, 3.63) is 81.9 Å². The number of ether oxygens (including phenoxy) is 4. The highest BCUT2D eigenvalue weighted by atomic mass is 35.5. The molecule has 0 saturated carbocycles. The van der Waals surface area contributed by atoms with Crippen molar-refractivity contribution in [2.75, 3.05) is 26.1 Å². The van der Waals surface area contributed by atoms with E-state index in [9.17, 15) is 10.1 Å². The average Bonchev–Trinajstić information content (AvgIpc) is 2.88. The van der Waals surface area contributed by atoms with Crippen LogP contribution in [0, 0.1) is 18.3 Å². The zero-order valence-corrected chi connectivity index (χ0v) is 21.3. The maximum absolute atomic E-state index is 12.7. The Kier molecular flexibility index (Phi) is 9.20. The zero-order valence-electron chi connectivity index (χ0n) is 20.6. The maximum Gasteiger partial charge on any atom is 0.266 e. The molecule has 3 aromatic carbocycles. The first-order valence-corrected chi connectivity index (χ1v) is 11.6. The quantitative estimate of drug-likeness (QED) is 0.260. The Balaban J connectivity index is 1.82. The molecule has 186 valence electrons. The number of amides is 1. The number of carbonyl (C=O) groups is 1. The standard InChI is InChI=1S/C28H27ClN2O5/c1-5-35-27-13-19(12-20(16-30)28(32)31-24-15-22(29)8-6-18(24)2)7-10-26(27)36-17-21-14-23(33-3)9-11-25(21)34-4/h6-15H,5,17H2,1-4H3,(H,31,32)/b20-12+. The molecule has 0 spiro atoms. The Morgan fingerprint density at radius 2 is 1.78 bits per heavy atom. The number of nitrogens with one attached hydrogen (secondary N) is 1. The molecule has 0 saturated heterocycles. The van der Waals surface area contributed by atoms with Crippen LogP contribution in [-0.4, -0.2) is 26.7 Å². The molecule has 0 bridgehead atoms. The van der Waals surface area contributed by atoms with Crippen molar-refractivity contribution in [1.29, 1.82) is 5.26 Å². The summed E-state index contributed by atoms with van der Waals surface area (Å²) >= 11 is 6.03. The fourth-order valence-corrected chi connectivity index (χ4v) is 3.56. The molecule has 0 fully saturated rings. The molecule has 0 radical (unpaired) electrons. The number of aryl methyl sites for hydroxylation is 1. The van der Waals surface area contributed by atoms with Crippen LogP contribution in [0.4, 0.5) is 5.69 Å². The first-order chi connectivity index (χ1) is 17.4. The van der Waals surface area contributed by atoms with Crippen LogP contribution in [0.15, 0.2) is 60.2 Å². The van der Waals surface area contributed by atoms with Crippen LogP contribution in [0.2, 0.25) is 5.02 Å². The highest BCUT2D eigenvalue weighted by Gasteiger charge is 2.14. The number of hydrogen-bond acceptors (Lipinski definition) is 6.